The number of hydrogen-bond donors (Lipinski definition) is 1. The molecular weight excluding hydrogens is 336 g/mol. The number of benzene rings is 2. The number of nitrogens with zero attached hydrogens (tertiary/aromatic N) is 1. The first-order chi connectivity index (χ1) is 12.1. The van der Waals surface area contributed by atoms with Crippen molar-refractivity contribution < 1.29 is 9.21 Å². The maximum atomic E-state index is 12.8. The molecule has 4 nitrogen and oxygen atoms in total. The Kier molecular flexibility index (Phi) is 3.90. The molecule has 0 radical (unpaired) electrons. The highest BCUT2D eigenvalue weighted by atomic mass is 35.5. The van der Waals surface area contributed by atoms with E-state index in [1.165, 1.54) is 0 Å². The van der Waals surface area contributed by atoms with E-state index in [1.54, 1.807) is 6.07 Å². The Bertz CT molecular complexity index is 1050. The fourth-order valence-electron chi connectivity index (χ4n) is 2.89. The van der Waals surface area contributed by atoms with Crippen molar-refractivity contribution in [3.05, 3.63) is 77.1 Å². The number of halogens is 1. The molecule has 0 aliphatic rings. The first kappa shape index (κ1) is 15.7. The minimum absolute atomic E-state index is 0.214. The molecule has 0 fully saturated rings. The van der Waals surface area contributed by atoms with Crippen LogP contribution in [0.15, 0.2) is 65.1 Å². The van der Waals surface area contributed by atoms with Crippen molar-refractivity contribution >= 4 is 39.4 Å². The van der Waals surface area contributed by atoms with E-state index in [0.717, 1.165) is 16.4 Å². The van der Waals surface area contributed by atoms with Crippen molar-refractivity contribution in [3.63, 3.8) is 0 Å². The predicted octanol–water partition coefficient (Wildman–Crippen LogP) is 5.13. The molecule has 0 saturated heterocycles. The molecule has 1 N–H and O–H groups in total. The lowest BCUT2D eigenvalue weighted by atomic mass is 10.1. The van der Waals surface area contributed by atoms with E-state index in [0.29, 0.717) is 22.0 Å². The fourth-order valence-corrected chi connectivity index (χ4v) is 3.09. The van der Waals surface area contributed by atoms with Gasteiger partial charge in [-0.1, -0.05) is 48.0 Å². The lowest BCUT2D eigenvalue weighted by Gasteiger charge is -2.13. The zero-order chi connectivity index (χ0) is 17.4. The summed E-state index contributed by atoms with van der Waals surface area (Å²) in [5.74, 6) is 0.493. The minimum Gasteiger partial charge on any atom is -0.459 e. The van der Waals surface area contributed by atoms with E-state index in [4.69, 9.17) is 16.0 Å². The van der Waals surface area contributed by atoms with Crippen LogP contribution in [0.1, 0.15) is 29.1 Å². The average molecular weight is 351 g/mol. The number of carbonyl (C=O) groups is 1. The number of pyridine rings is 1. The molecule has 1 atom stereocenters. The molecule has 0 aliphatic carbocycles. The van der Waals surface area contributed by atoms with E-state index in [-0.39, 0.29) is 11.9 Å². The number of carbonyl (C=O) groups excluding carboxylic acids is 1. The Morgan fingerprint density at radius 1 is 1.12 bits per heavy atom. The summed E-state index contributed by atoms with van der Waals surface area (Å²) in [7, 11) is 0. The fraction of sp³-hybridized carbons (Fsp3) is 0.100. The van der Waals surface area contributed by atoms with Gasteiger partial charge in [0.25, 0.3) is 5.91 Å². The summed E-state index contributed by atoms with van der Waals surface area (Å²) >= 11 is 6.07. The van der Waals surface area contributed by atoms with Gasteiger partial charge in [-0.15, -0.1) is 0 Å². The van der Waals surface area contributed by atoms with Gasteiger partial charge < -0.3 is 9.73 Å². The molecule has 124 valence electrons. The van der Waals surface area contributed by atoms with Crippen LogP contribution >= 0.6 is 11.6 Å². The molecule has 0 saturated carbocycles. The van der Waals surface area contributed by atoms with Gasteiger partial charge in [0.15, 0.2) is 0 Å². The van der Waals surface area contributed by atoms with Gasteiger partial charge >= 0.3 is 0 Å². The SMILES string of the molecule is C[C@H](NC(=O)c1cc(Cl)nc2ccccc12)c1cc2ccccc2o1. The normalized spacial score (nSPS) is 12.4. The van der Waals surface area contributed by atoms with Crippen molar-refractivity contribution in [2.45, 2.75) is 13.0 Å². The van der Waals surface area contributed by atoms with Gasteiger partial charge in [-0.2, -0.15) is 0 Å². The van der Waals surface area contributed by atoms with Crippen LogP contribution in [0, 0.1) is 0 Å². The highest BCUT2D eigenvalue weighted by Gasteiger charge is 2.18. The topological polar surface area (TPSA) is 55.1 Å². The summed E-state index contributed by atoms with van der Waals surface area (Å²) in [4.78, 5) is 17.0. The van der Waals surface area contributed by atoms with Crippen LogP contribution in [0.5, 0.6) is 0 Å². The van der Waals surface area contributed by atoms with Gasteiger partial charge in [0, 0.05) is 10.8 Å². The van der Waals surface area contributed by atoms with E-state index < -0.39 is 0 Å². The first-order valence-corrected chi connectivity index (χ1v) is 8.34. The molecule has 4 aromatic rings. The lowest BCUT2D eigenvalue weighted by molar-refractivity contribution is 0.0937. The van der Waals surface area contributed by atoms with Crippen molar-refractivity contribution in [1.82, 2.24) is 10.3 Å². The molecular formula is C20H15ClN2O2. The Morgan fingerprint density at radius 2 is 1.88 bits per heavy atom. The Labute approximate surface area is 149 Å². The Balaban J connectivity index is 1.65. The van der Waals surface area contributed by atoms with Crippen LogP contribution in [0.4, 0.5) is 0 Å². The van der Waals surface area contributed by atoms with Gasteiger partial charge in [-0.25, -0.2) is 4.98 Å². The molecule has 2 heterocycles. The third kappa shape index (κ3) is 2.96. The predicted molar refractivity (Wildman–Crippen MR) is 98.8 cm³/mol. The number of fused-ring (bicyclic) bond motifs is 2. The number of para-hydroxylation sites is 2. The Hall–Kier alpha value is -2.85. The Morgan fingerprint density at radius 3 is 2.72 bits per heavy atom. The van der Waals surface area contributed by atoms with Gasteiger partial charge in [0.2, 0.25) is 0 Å². The molecule has 5 heteroatoms. The van der Waals surface area contributed by atoms with E-state index >= 15 is 0 Å². The van der Waals surface area contributed by atoms with Crippen LogP contribution in [0.25, 0.3) is 21.9 Å². The van der Waals surface area contributed by atoms with E-state index in [1.807, 2.05) is 61.5 Å². The molecule has 1 amide bonds. The maximum Gasteiger partial charge on any atom is 0.252 e. The van der Waals surface area contributed by atoms with Crippen LogP contribution in [0.3, 0.4) is 0 Å². The van der Waals surface area contributed by atoms with Gasteiger partial charge in [-0.05, 0) is 31.2 Å². The number of nitrogens with one attached hydrogen (secondary N) is 1. The summed E-state index contributed by atoms with van der Waals surface area (Å²) in [6, 6.07) is 18.5. The summed E-state index contributed by atoms with van der Waals surface area (Å²) in [5, 5.41) is 5.04. The highest BCUT2D eigenvalue weighted by Crippen LogP contribution is 2.25. The molecule has 2 aromatic carbocycles. The molecule has 0 bridgehead atoms. The highest BCUT2D eigenvalue weighted by molar-refractivity contribution is 6.30. The number of amides is 1. The summed E-state index contributed by atoms with van der Waals surface area (Å²) in [5.41, 5.74) is 1.99. The second-order valence-corrected chi connectivity index (χ2v) is 6.28. The van der Waals surface area contributed by atoms with Crippen molar-refractivity contribution in [2.75, 3.05) is 0 Å². The molecule has 0 spiro atoms. The number of rotatable bonds is 3. The van der Waals surface area contributed by atoms with Crippen LogP contribution in [-0.2, 0) is 0 Å². The zero-order valence-electron chi connectivity index (χ0n) is 13.5. The van der Waals surface area contributed by atoms with E-state index in [2.05, 4.69) is 10.3 Å². The van der Waals surface area contributed by atoms with Gasteiger partial charge in [-0.3, -0.25) is 4.79 Å². The van der Waals surface area contributed by atoms with Gasteiger partial charge in [0.05, 0.1) is 17.1 Å². The van der Waals surface area contributed by atoms with Crippen molar-refractivity contribution in [3.8, 4) is 0 Å². The molecule has 2 aromatic heterocycles. The third-order valence-electron chi connectivity index (χ3n) is 4.15. The van der Waals surface area contributed by atoms with E-state index in [9.17, 15) is 4.79 Å². The van der Waals surface area contributed by atoms with Crippen molar-refractivity contribution in [1.29, 1.82) is 0 Å². The lowest BCUT2D eigenvalue weighted by Crippen LogP contribution is -2.26. The minimum atomic E-state index is -0.273. The molecule has 0 unspecified atom stereocenters. The number of furan rings is 1. The summed E-state index contributed by atoms with van der Waals surface area (Å²) < 4.78 is 5.82. The standard InChI is InChI=1S/C20H15ClN2O2/c1-12(18-10-13-6-2-5-9-17(13)25-18)22-20(24)15-11-19(21)23-16-8-4-3-7-14(15)16/h2-12H,1H3,(H,22,24)/t12-/m0/s1. The van der Waals surface area contributed by atoms with Crippen LogP contribution < -0.4 is 5.32 Å². The molecule has 25 heavy (non-hydrogen) atoms. The average Bonchev–Trinajstić information content (AvgIpc) is 3.05. The van der Waals surface area contributed by atoms with Crippen molar-refractivity contribution in [2.24, 2.45) is 0 Å². The van der Waals surface area contributed by atoms with Gasteiger partial charge in [0.1, 0.15) is 16.5 Å². The smallest absolute Gasteiger partial charge is 0.252 e. The van der Waals surface area contributed by atoms with Crippen LogP contribution in [-0.4, -0.2) is 10.9 Å². The molecule has 4 rings (SSSR count). The summed E-state index contributed by atoms with van der Waals surface area (Å²) in [6.45, 7) is 1.89. The zero-order valence-corrected chi connectivity index (χ0v) is 14.2. The second-order valence-electron chi connectivity index (χ2n) is 5.89. The number of aromatic nitrogens is 1. The second kappa shape index (κ2) is 6.22. The monoisotopic (exact) mass is 350 g/mol. The molecule has 0 aliphatic heterocycles. The summed E-state index contributed by atoms with van der Waals surface area (Å²) in [6.07, 6.45) is 0. The quantitative estimate of drug-likeness (QED) is 0.521. The number of hydrogen-bond acceptors (Lipinski definition) is 3. The largest absolute Gasteiger partial charge is 0.459 e. The first-order valence-electron chi connectivity index (χ1n) is 7.96. The third-order valence-corrected chi connectivity index (χ3v) is 4.34. The van der Waals surface area contributed by atoms with Crippen LogP contribution in [0.2, 0.25) is 5.15 Å². The maximum absolute atomic E-state index is 12.8.